The molecule has 6 N–H and O–H groups in total. The smallest absolute Gasteiger partial charge is 0.187 e. The lowest BCUT2D eigenvalue weighted by atomic mass is 9.97. The molecule has 0 amide bonds. The molecule has 0 aromatic carbocycles. The number of hydrogen-bond donors (Lipinski definition) is 6. The molecule has 11 heteroatoms. The SMILES string of the molecule is CO[C@@H]1[C@H](O)[C@H](O[C@H]2[C@H](OC)[C@H](O)[C@@H](O)O[C@@H]2CO)O[C@H](CO)[C@H]1O. The van der Waals surface area contributed by atoms with Crippen LogP contribution in [0.25, 0.3) is 0 Å². The average Bonchev–Trinajstić information content (AvgIpc) is 2.60. The van der Waals surface area contributed by atoms with Gasteiger partial charge >= 0.3 is 0 Å². The van der Waals surface area contributed by atoms with Crippen LogP contribution in [0.15, 0.2) is 0 Å². The first-order chi connectivity index (χ1) is 11.9. The van der Waals surface area contributed by atoms with Crippen molar-refractivity contribution in [1.29, 1.82) is 0 Å². The van der Waals surface area contributed by atoms with Crippen LogP contribution in [0.1, 0.15) is 0 Å². The van der Waals surface area contributed by atoms with Crippen molar-refractivity contribution in [3.05, 3.63) is 0 Å². The molecule has 0 unspecified atom stereocenters. The number of hydrogen-bond acceptors (Lipinski definition) is 11. The molecule has 2 saturated heterocycles. The van der Waals surface area contributed by atoms with Crippen molar-refractivity contribution in [1.82, 2.24) is 0 Å². The van der Waals surface area contributed by atoms with E-state index >= 15 is 0 Å². The Labute approximate surface area is 144 Å². The number of aliphatic hydroxyl groups is 6. The van der Waals surface area contributed by atoms with Gasteiger partial charge in [-0.15, -0.1) is 0 Å². The third kappa shape index (κ3) is 4.12. The molecule has 0 aromatic heterocycles. The summed E-state index contributed by atoms with van der Waals surface area (Å²) in [5.74, 6) is 0. The maximum Gasteiger partial charge on any atom is 0.187 e. The molecular weight excluding hydrogens is 344 g/mol. The van der Waals surface area contributed by atoms with Gasteiger partial charge in [0, 0.05) is 14.2 Å². The Kier molecular flexibility index (Phi) is 7.49. The molecule has 0 aliphatic carbocycles. The zero-order valence-electron chi connectivity index (χ0n) is 13.9. The van der Waals surface area contributed by atoms with Gasteiger partial charge in [-0.1, -0.05) is 0 Å². The van der Waals surface area contributed by atoms with E-state index in [4.69, 9.17) is 23.7 Å². The molecule has 0 bridgehead atoms. The molecular formula is C14H26O11. The zero-order chi connectivity index (χ0) is 18.7. The minimum atomic E-state index is -1.59. The Morgan fingerprint density at radius 1 is 0.720 bits per heavy atom. The van der Waals surface area contributed by atoms with Gasteiger partial charge in [-0.3, -0.25) is 0 Å². The van der Waals surface area contributed by atoms with Gasteiger partial charge < -0.3 is 54.3 Å². The summed E-state index contributed by atoms with van der Waals surface area (Å²) < 4.78 is 26.2. The van der Waals surface area contributed by atoms with Crippen LogP contribution in [0.3, 0.4) is 0 Å². The fourth-order valence-corrected chi connectivity index (χ4v) is 3.09. The standard InChI is InChI=1S/C14H26O11/c1-21-11-7(17)5(3-15)24-14(9(11)19)25-10-6(4-16)23-13(20)8(18)12(10)22-2/h5-20H,3-4H2,1-2H3/t5-,6-,7-,8+,9+,10-,11+,12-,13+,14+/m1/s1. The van der Waals surface area contributed by atoms with Crippen molar-refractivity contribution in [2.24, 2.45) is 0 Å². The maximum atomic E-state index is 10.3. The van der Waals surface area contributed by atoms with E-state index in [-0.39, 0.29) is 0 Å². The molecule has 25 heavy (non-hydrogen) atoms. The van der Waals surface area contributed by atoms with Crippen LogP contribution >= 0.6 is 0 Å². The normalized spacial score (nSPS) is 48.5. The molecule has 11 nitrogen and oxygen atoms in total. The third-order valence-corrected chi connectivity index (χ3v) is 4.47. The Balaban J connectivity index is 2.18. The summed E-state index contributed by atoms with van der Waals surface area (Å²) in [5.41, 5.74) is 0. The highest BCUT2D eigenvalue weighted by Gasteiger charge is 2.51. The summed E-state index contributed by atoms with van der Waals surface area (Å²) in [5, 5.41) is 58.7. The Hall–Kier alpha value is -0.440. The predicted molar refractivity (Wildman–Crippen MR) is 78.2 cm³/mol. The minimum absolute atomic E-state index is 0.548. The van der Waals surface area contributed by atoms with Gasteiger partial charge in [-0.25, -0.2) is 0 Å². The zero-order valence-corrected chi connectivity index (χ0v) is 13.9. The van der Waals surface area contributed by atoms with Gasteiger partial charge in [-0.2, -0.15) is 0 Å². The lowest BCUT2D eigenvalue weighted by Crippen LogP contribution is -2.65. The van der Waals surface area contributed by atoms with Crippen LogP contribution in [0.5, 0.6) is 0 Å². The summed E-state index contributed by atoms with van der Waals surface area (Å²) in [4.78, 5) is 0. The summed E-state index contributed by atoms with van der Waals surface area (Å²) in [7, 11) is 2.54. The first kappa shape index (κ1) is 20.9. The summed E-state index contributed by atoms with van der Waals surface area (Å²) in [6.07, 6.45) is -12.6. The first-order valence-corrected chi connectivity index (χ1v) is 7.85. The van der Waals surface area contributed by atoms with Crippen LogP contribution in [0, 0.1) is 0 Å². The van der Waals surface area contributed by atoms with Crippen LogP contribution in [-0.2, 0) is 23.7 Å². The predicted octanol–water partition coefficient (Wildman–Crippen LogP) is -4.09. The van der Waals surface area contributed by atoms with Crippen molar-refractivity contribution >= 4 is 0 Å². The molecule has 148 valence electrons. The van der Waals surface area contributed by atoms with E-state index in [0.29, 0.717) is 0 Å². The largest absolute Gasteiger partial charge is 0.394 e. The van der Waals surface area contributed by atoms with E-state index in [9.17, 15) is 30.6 Å². The third-order valence-electron chi connectivity index (χ3n) is 4.47. The molecule has 2 heterocycles. The monoisotopic (exact) mass is 370 g/mol. The van der Waals surface area contributed by atoms with E-state index in [2.05, 4.69) is 0 Å². The molecule has 2 fully saturated rings. The van der Waals surface area contributed by atoms with Crippen molar-refractivity contribution in [3.63, 3.8) is 0 Å². The molecule has 2 rings (SSSR count). The van der Waals surface area contributed by atoms with Gasteiger partial charge in [-0.05, 0) is 0 Å². The number of aliphatic hydroxyl groups excluding tert-OH is 6. The minimum Gasteiger partial charge on any atom is -0.394 e. The van der Waals surface area contributed by atoms with Gasteiger partial charge in [0.1, 0.15) is 48.8 Å². The second-order valence-corrected chi connectivity index (χ2v) is 5.95. The molecule has 0 radical (unpaired) electrons. The van der Waals surface area contributed by atoms with Crippen molar-refractivity contribution in [2.75, 3.05) is 27.4 Å². The molecule has 0 aromatic rings. The maximum absolute atomic E-state index is 10.3. The van der Waals surface area contributed by atoms with Gasteiger partial charge in [0.2, 0.25) is 0 Å². The molecule has 0 spiro atoms. The second kappa shape index (κ2) is 8.97. The highest BCUT2D eigenvalue weighted by molar-refractivity contribution is 4.94. The Morgan fingerprint density at radius 2 is 1.32 bits per heavy atom. The van der Waals surface area contributed by atoms with Crippen LogP contribution in [0.2, 0.25) is 0 Å². The summed E-state index contributed by atoms with van der Waals surface area (Å²) in [6.45, 7) is -1.11. The average molecular weight is 370 g/mol. The van der Waals surface area contributed by atoms with Crippen molar-refractivity contribution in [2.45, 2.75) is 61.4 Å². The van der Waals surface area contributed by atoms with Crippen molar-refractivity contribution in [3.8, 4) is 0 Å². The quantitative estimate of drug-likeness (QED) is 0.269. The lowest BCUT2D eigenvalue weighted by molar-refractivity contribution is -0.358. The number of ether oxygens (including phenoxy) is 5. The van der Waals surface area contributed by atoms with E-state index in [1.54, 1.807) is 0 Å². The highest BCUT2D eigenvalue weighted by Crippen LogP contribution is 2.30. The van der Waals surface area contributed by atoms with Gasteiger partial charge in [0.25, 0.3) is 0 Å². The van der Waals surface area contributed by atoms with Crippen molar-refractivity contribution < 1.29 is 54.3 Å². The second-order valence-electron chi connectivity index (χ2n) is 5.95. The highest BCUT2D eigenvalue weighted by atomic mass is 16.7. The van der Waals surface area contributed by atoms with E-state index in [0.717, 1.165) is 0 Å². The summed E-state index contributed by atoms with van der Waals surface area (Å²) in [6, 6.07) is 0. The molecule has 2 aliphatic heterocycles. The number of methoxy groups -OCH3 is 2. The van der Waals surface area contributed by atoms with E-state index in [1.165, 1.54) is 14.2 Å². The summed E-state index contributed by atoms with van der Waals surface area (Å²) >= 11 is 0. The van der Waals surface area contributed by atoms with Gasteiger partial charge in [0.15, 0.2) is 12.6 Å². The Morgan fingerprint density at radius 3 is 1.84 bits per heavy atom. The fourth-order valence-electron chi connectivity index (χ4n) is 3.09. The van der Waals surface area contributed by atoms with Gasteiger partial charge in [0.05, 0.1) is 13.2 Å². The van der Waals surface area contributed by atoms with Crippen LogP contribution in [-0.4, -0.2) is 119 Å². The van der Waals surface area contributed by atoms with Crippen LogP contribution < -0.4 is 0 Å². The van der Waals surface area contributed by atoms with E-state index in [1.807, 2.05) is 0 Å². The topological polar surface area (TPSA) is 168 Å². The molecule has 10 atom stereocenters. The van der Waals surface area contributed by atoms with E-state index < -0.39 is 74.6 Å². The molecule has 0 saturated carbocycles. The molecule has 2 aliphatic rings. The van der Waals surface area contributed by atoms with Crippen LogP contribution in [0.4, 0.5) is 0 Å². The first-order valence-electron chi connectivity index (χ1n) is 7.85. The Bertz CT molecular complexity index is 410. The lowest BCUT2D eigenvalue weighted by Gasteiger charge is -2.46. The fraction of sp³-hybridized carbons (Fsp3) is 1.00. The number of rotatable bonds is 6.